The van der Waals surface area contributed by atoms with Gasteiger partial charge in [-0.05, 0) is 48.6 Å². The van der Waals surface area contributed by atoms with Gasteiger partial charge in [0.1, 0.15) is 5.82 Å². The number of ether oxygens (including phenoxy) is 1. The van der Waals surface area contributed by atoms with Gasteiger partial charge in [-0.3, -0.25) is 9.69 Å². The molecule has 0 bridgehead atoms. The second-order valence-corrected chi connectivity index (χ2v) is 12.0. The van der Waals surface area contributed by atoms with Crippen molar-refractivity contribution < 1.29 is 9.53 Å². The third-order valence-corrected chi connectivity index (χ3v) is 9.47. The van der Waals surface area contributed by atoms with Crippen molar-refractivity contribution in [2.24, 2.45) is 5.92 Å². The summed E-state index contributed by atoms with van der Waals surface area (Å²) in [6.45, 7) is 10.0. The SMILES string of the molecule is O=C(CC[C@H]1CN(CC(c2ccccc2)c2ccccc2)CC[C@H]1N1CCOCC1)N1CCN(c2ccccn2)CC1. The summed E-state index contributed by atoms with van der Waals surface area (Å²) in [4.78, 5) is 27.6. The molecular weight excluding hydrogens is 522 g/mol. The Morgan fingerprint density at radius 2 is 1.48 bits per heavy atom. The van der Waals surface area contributed by atoms with Crippen molar-refractivity contribution in [3.05, 3.63) is 96.2 Å². The summed E-state index contributed by atoms with van der Waals surface area (Å²) in [6, 6.07) is 28.4. The van der Waals surface area contributed by atoms with Crippen LogP contribution < -0.4 is 4.90 Å². The molecule has 0 spiro atoms. The van der Waals surface area contributed by atoms with E-state index in [4.69, 9.17) is 4.74 Å². The molecule has 1 amide bonds. The summed E-state index contributed by atoms with van der Waals surface area (Å²) >= 11 is 0. The van der Waals surface area contributed by atoms with Crippen LogP contribution in [0.1, 0.15) is 36.3 Å². The van der Waals surface area contributed by atoms with Crippen LogP contribution >= 0.6 is 0 Å². The van der Waals surface area contributed by atoms with E-state index in [1.54, 1.807) is 0 Å². The van der Waals surface area contributed by atoms with Crippen LogP contribution in [0.4, 0.5) is 5.82 Å². The molecule has 7 heteroatoms. The van der Waals surface area contributed by atoms with Gasteiger partial charge in [-0.1, -0.05) is 66.7 Å². The van der Waals surface area contributed by atoms with Crippen LogP contribution in [0, 0.1) is 5.92 Å². The van der Waals surface area contributed by atoms with Gasteiger partial charge in [-0.2, -0.15) is 0 Å². The first kappa shape index (κ1) is 28.8. The second kappa shape index (κ2) is 14.3. The van der Waals surface area contributed by atoms with E-state index in [0.29, 0.717) is 30.2 Å². The average molecular weight is 568 g/mol. The summed E-state index contributed by atoms with van der Waals surface area (Å²) in [7, 11) is 0. The molecule has 6 rings (SSSR count). The number of nitrogens with zero attached hydrogens (tertiary/aromatic N) is 5. The molecule has 3 aliphatic rings. The molecule has 42 heavy (non-hydrogen) atoms. The minimum atomic E-state index is 0.306. The standard InChI is InChI=1S/C35H45N5O2/c41-35(40-21-19-39(20-22-40)34-13-7-8-17-36-34)15-14-31-27-37(18-16-33(31)38-23-25-42-26-24-38)28-32(29-9-3-1-4-10-29)30-11-5-2-6-12-30/h1-13,17,31-33H,14-16,18-28H2/t31-,33+/m0/s1. The monoisotopic (exact) mass is 567 g/mol. The fraction of sp³-hybridized carbons (Fsp3) is 0.486. The van der Waals surface area contributed by atoms with Crippen LogP contribution in [-0.4, -0.2) is 104 Å². The summed E-state index contributed by atoms with van der Waals surface area (Å²) in [5.41, 5.74) is 2.74. The van der Waals surface area contributed by atoms with E-state index in [1.807, 2.05) is 18.3 Å². The number of hydrogen-bond donors (Lipinski definition) is 0. The molecule has 222 valence electrons. The fourth-order valence-corrected chi connectivity index (χ4v) is 7.16. The van der Waals surface area contributed by atoms with E-state index < -0.39 is 0 Å². The highest BCUT2D eigenvalue weighted by Crippen LogP contribution is 2.31. The summed E-state index contributed by atoms with van der Waals surface area (Å²) in [6.07, 6.45) is 4.56. The molecule has 0 aliphatic carbocycles. The van der Waals surface area contributed by atoms with E-state index in [9.17, 15) is 4.79 Å². The van der Waals surface area contributed by atoms with Crippen LogP contribution in [-0.2, 0) is 9.53 Å². The predicted octanol–water partition coefficient (Wildman–Crippen LogP) is 4.37. The highest BCUT2D eigenvalue weighted by atomic mass is 16.5. The zero-order valence-corrected chi connectivity index (χ0v) is 24.8. The van der Waals surface area contributed by atoms with Gasteiger partial charge in [0.25, 0.3) is 0 Å². The number of pyridine rings is 1. The molecule has 0 saturated carbocycles. The molecule has 1 aromatic heterocycles. The predicted molar refractivity (Wildman–Crippen MR) is 168 cm³/mol. The molecule has 0 N–H and O–H groups in total. The quantitative estimate of drug-likeness (QED) is 0.383. The minimum absolute atomic E-state index is 0.306. The number of carbonyl (C=O) groups excluding carboxylic acids is 1. The highest BCUT2D eigenvalue weighted by molar-refractivity contribution is 5.76. The number of aromatic nitrogens is 1. The van der Waals surface area contributed by atoms with Crippen molar-refractivity contribution in [2.75, 3.05) is 77.0 Å². The van der Waals surface area contributed by atoms with Crippen molar-refractivity contribution >= 4 is 11.7 Å². The van der Waals surface area contributed by atoms with Crippen molar-refractivity contribution in [2.45, 2.75) is 31.2 Å². The Morgan fingerprint density at radius 3 is 2.12 bits per heavy atom. The molecule has 3 aliphatic heterocycles. The molecule has 3 saturated heterocycles. The maximum Gasteiger partial charge on any atom is 0.222 e. The van der Waals surface area contributed by atoms with E-state index in [1.165, 1.54) is 11.1 Å². The molecule has 2 atom stereocenters. The van der Waals surface area contributed by atoms with E-state index in [2.05, 4.69) is 91.3 Å². The van der Waals surface area contributed by atoms with Crippen molar-refractivity contribution in [1.82, 2.24) is 19.7 Å². The first-order chi connectivity index (χ1) is 20.7. The number of carbonyl (C=O) groups is 1. The van der Waals surface area contributed by atoms with Gasteiger partial charge in [0.2, 0.25) is 5.91 Å². The lowest BCUT2D eigenvalue weighted by Gasteiger charge is -2.46. The minimum Gasteiger partial charge on any atom is -0.379 e. The van der Waals surface area contributed by atoms with E-state index in [-0.39, 0.29) is 0 Å². The number of piperidine rings is 1. The van der Waals surface area contributed by atoms with Gasteiger partial charge in [0.15, 0.2) is 0 Å². The third kappa shape index (κ3) is 7.20. The lowest BCUT2D eigenvalue weighted by Crippen LogP contribution is -2.54. The van der Waals surface area contributed by atoms with Gasteiger partial charge < -0.3 is 19.4 Å². The molecule has 0 unspecified atom stereocenters. The Labute approximate surface area is 251 Å². The highest BCUT2D eigenvalue weighted by Gasteiger charge is 2.35. The average Bonchev–Trinajstić information content (AvgIpc) is 3.08. The Bertz CT molecular complexity index is 1190. The molecule has 0 radical (unpaired) electrons. The molecule has 4 heterocycles. The topological polar surface area (TPSA) is 52.2 Å². The van der Waals surface area contributed by atoms with E-state index in [0.717, 1.165) is 90.8 Å². The number of hydrogen-bond acceptors (Lipinski definition) is 6. The zero-order chi connectivity index (χ0) is 28.6. The van der Waals surface area contributed by atoms with Gasteiger partial charge in [-0.25, -0.2) is 4.98 Å². The summed E-state index contributed by atoms with van der Waals surface area (Å²) in [5, 5.41) is 0. The normalized spacial score (nSPS) is 22.4. The maximum atomic E-state index is 13.4. The third-order valence-electron chi connectivity index (χ3n) is 9.47. The number of rotatable bonds is 9. The number of amides is 1. The maximum absolute atomic E-state index is 13.4. The Hall–Kier alpha value is -3.26. The van der Waals surface area contributed by atoms with Gasteiger partial charge in [0, 0.05) is 76.9 Å². The molecular formula is C35H45N5O2. The van der Waals surface area contributed by atoms with Crippen molar-refractivity contribution in [3.8, 4) is 0 Å². The number of likely N-dealkylation sites (tertiary alicyclic amines) is 1. The molecule has 3 aromatic rings. The van der Waals surface area contributed by atoms with E-state index >= 15 is 0 Å². The largest absolute Gasteiger partial charge is 0.379 e. The first-order valence-corrected chi connectivity index (χ1v) is 15.8. The fourth-order valence-electron chi connectivity index (χ4n) is 7.16. The van der Waals surface area contributed by atoms with Crippen LogP contribution in [0.15, 0.2) is 85.1 Å². The Kier molecular flexibility index (Phi) is 9.80. The number of morpholine rings is 1. The van der Waals surface area contributed by atoms with Crippen LogP contribution in [0.3, 0.4) is 0 Å². The lowest BCUT2D eigenvalue weighted by molar-refractivity contribution is -0.132. The Morgan fingerprint density at radius 1 is 0.810 bits per heavy atom. The number of anilines is 1. The smallest absolute Gasteiger partial charge is 0.222 e. The molecule has 2 aromatic carbocycles. The van der Waals surface area contributed by atoms with Crippen LogP contribution in [0.25, 0.3) is 0 Å². The van der Waals surface area contributed by atoms with Gasteiger partial charge in [0.05, 0.1) is 13.2 Å². The number of benzene rings is 2. The molecule has 3 fully saturated rings. The second-order valence-electron chi connectivity index (χ2n) is 12.0. The first-order valence-electron chi connectivity index (χ1n) is 15.8. The molecule has 7 nitrogen and oxygen atoms in total. The summed E-state index contributed by atoms with van der Waals surface area (Å²) < 4.78 is 5.69. The van der Waals surface area contributed by atoms with Crippen molar-refractivity contribution in [3.63, 3.8) is 0 Å². The Balaban J connectivity index is 1.10. The van der Waals surface area contributed by atoms with Crippen molar-refractivity contribution in [1.29, 1.82) is 0 Å². The van der Waals surface area contributed by atoms with Crippen LogP contribution in [0.2, 0.25) is 0 Å². The lowest BCUT2D eigenvalue weighted by atomic mass is 9.84. The number of piperazine rings is 1. The van der Waals surface area contributed by atoms with Gasteiger partial charge in [-0.15, -0.1) is 0 Å². The summed E-state index contributed by atoms with van der Waals surface area (Å²) in [5.74, 6) is 2.12. The zero-order valence-electron chi connectivity index (χ0n) is 24.8. The van der Waals surface area contributed by atoms with Gasteiger partial charge >= 0.3 is 0 Å². The van der Waals surface area contributed by atoms with Crippen LogP contribution in [0.5, 0.6) is 0 Å².